The molecule has 2 bridgehead atoms. The minimum atomic E-state index is -4.65. The number of alkyl halides is 2. The number of rotatable bonds is 18. The van der Waals surface area contributed by atoms with Crippen LogP contribution in [0.4, 0.5) is 19.3 Å². The van der Waals surface area contributed by atoms with Gasteiger partial charge < -0.3 is 35.2 Å². The summed E-state index contributed by atoms with van der Waals surface area (Å²) in [5.74, 6) is -3.19. The van der Waals surface area contributed by atoms with Gasteiger partial charge in [-0.05, 0) is 135 Å². The van der Waals surface area contributed by atoms with Gasteiger partial charge in [-0.2, -0.15) is 17.8 Å². The quantitative estimate of drug-likeness (QED) is 0.0562. The van der Waals surface area contributed by atoms with E-state index in [9.17, 15) is 41.9 Å². The summed E-state index contributed by atoms with van der Waals surface area (Å²) < 4.78 is 74.8. The molecule has 4 aromatic carbocycles. The molecule has 5 heterocycles. The van der Waals surface area contributed by atoms with E-state index >= 15 is 0 Å². The Kier molecular flexibility index (Phi) is 14.7. The van der Waals surface area contributed by atoms with Crippen LogP contribution in [0.15, 0.2) is 114 Å². The molecule has 0 radical (unpaired) electrons. The zero-order valence-corrected chi connectivity index (χ0v) is 40.6. The van der Waals surface area contributed by atoms with E-state index in [4.69, 9.17) is 37.4 Å². The standard InChI is InChI=1S/C51H51Cl2F2N5O10S/c52-41-27-59(65)28-42(53)39(41)26-40(34-12-17-43(69-49(54)55)44(25-34)68-30-31-10-11-31)51(48(62)63)20-5-21-60(51)71(66,67)38-15-13-37(14-16-38)56-47(61)36-9-4-8-35(24-36)46(33-6-2-1-3-7-33)57-50(64)70-45-29-58-22-18-32(45)19-23-58/h1-4,6-9,12-17,24-25,27-28,31-32,40,45-46,49H,5,10-11,18-23,26,29-30H2,(H,56,61)(H,57,64)(H,62,63)/t40-,45-,46-,51-/m0/s1. The SMILES string of the molecule is O=C(N[C@@H](c1ccccc1)c1cccc(C(=O)Nc2ccc(S(=O)(=O)N3CCC[C@@]3(C(=O)O)[C@@H](Cc3c(Cl)c[n+]([O-])cc3Cl)c3ccc(OC(F)F)c(OCC4CC4)c3)cc2)c1)O[C@H]1CN2CCC1CC2. The van der Waals surface area contributed by atoms with Gasteiger partial charge in [0.1, 0.15) is 21.7 Å². The Labute approximate surface area is 419 Å². The molecule has 3 N–H and O–H groups in total. The molecule has 2 amide bonds. The van der Waals surface area contributed by atoms with Crippen molar-refractivity contribution in [2.75, 3.05) is 38.1 Å². The Balaban J connectivity index is 0.976. The predicted molar refractivity (Wildman–Crippen MR) is 258 cm³/mol. The number of carboxylic acid groups (broad SMARTS) is 1. The molecule has 20 heteroatoms. The van der Waals surface area contributed by atoms with E-state index in [-0.39, 0.29) is 93.3 Å². The summed E-state index contributed by atoms with van der Waals surface area (Å²) in [6, 6.07) is 24.7. The molecule has 0 spiro atoms. The number of carbonyl (C=O) groups excluding carboxylic acids is 2. The highest BCUT2D eigenvalue weighted by molar-refractivity contribution is 7.89. The molecule has 5 aliphatic rings. The number of aromatic nitrogens is 1. The zero-order valence-electron chi connectivity index (χ0n) is 38.2. The highest BCUT2D eigenvalue weighted by Crippen LogP contribution is 2.49. The molecule has 15 nitrogen and oxygen atoms in total. The Bertz CT molecular complexity index is 2870. The Morgan fingerprint density at radius 3 is 2.21 bits per heavy atom. The molecule has 1 saturated carbocycles. The molecule has 0 unspecified atom stereocenters. The minimum Gasteiger partial charge on any atom is -0.619 e. The number of hydrogen-bond acceptors (Lipinski definition) is 10. The zero-order chi connectivity index (χ0) is 50.0. The lowest BCUT2D eigenvalue weighted by molar-refractivity contribution is -0.605. The van der Waals surface area contributed by atoms with Crippen molar-refractivity contribution in [1.82, 2.24) is 14.5 Å². The van der Waals surface area contributed by atoms with E-state index in [0.29, 0.717) is 22.8 Å². The van der Waals surface area contributed by atoms with Crippen molar-refractivity contribution in [3.05, 3.63) is 153 Å². The molecule has 4 aliphatic heterocycles. The van der Waals surface area contributed by atoms with Crippen LogP contribution in [0.1, 0.15) is 83.1 Å². The third kappa shape index (κ3) is 10.9. The molecular formula is C51H51Cl2F2N5O10S. The largest absolute Gasteiger partial charge is 0.619 e. The Morgan fingerprint density at radius 2 is 1.56 bits per heavy atom. The molecular weight excluding hydrogens is 984 g/mol. The van der Waals surface area contributed by atoms with Gasteiger partial charge in [0.2, 0.25) is 10.0 Å². The van der Waals surface area contributed by atoms with E-state index in [1.807, 2.05) is 30.3 Å². The number of benzene rings is 4. The van der Waals surface area contributed by atoms with E-state index in [1.54, 1.807) is 24.3 Å². The Morgan fingerprint density at radius 1 is 0.859 bits per heavy atom. The maximum absolute atomic E-state index is 14.9. The first-order valence-corrected chi connectivity index (χ1v) is 25.6. The number of anilines is 1. The number of halogens is 4. The summed E-state index contributed by atoms with van der Waals surface area (Å²) in [5, 5.41) is 29.2. The fraction of sp³-hybridized carbons (Fsp3) is 0.373. The van der Waals surface area contributed by atoms with Gasteiger partial charge in [-0.3, -0.25) is 14.5 Å². The lowest BCUT2D eigenvalue weighted by Crippen LogP contribution is -2.57. The van der Waals surface area contributed by atoms with Gasteiger partial charge in [0, 0.05) is 35.8 Å². The number of aliphatic carboxylic acids is 1. The molecule has 71 heavy (non-hydrogen) atoms. The third-order valence-electron chi connectivity index (χ3n) is 14.0. The van der Waals surface area contributed by atoms with E-state index in [2.05, 4.69) is 15.5 Å². The van der Waals surface area contributed by atoms with Crippen molar-refractivity contribution in [3.8, 4) is 11.5 Å². The maximum atomic E-state index is 14.9. The number of carbonyl (C=O) groups is 3. The summed E-state index contributed by atoms with van der Waals surface area (Å²) >= 11 is 13.1. The van der Waals surface area contributed by atoms with Crippen LogP contribution in [0.25, 0.3) is 0 Å². The van der Waals surface area contributed by atoms with E-state index in [1.165, 1.54) is 42.5 Å². The number of fused-ring (bicyclic) bond motifs is 3. The number of amides is 2. The van der Waals surface area contributed by atoms with Crippen LogP contribution in [0, 0.1) is 17.0 Å². The summed E-state index contributed by atoms with van der Waals surface area (Å²) in [4.78, 5) is 43.2. The van der Waals surface area contributed by atoms with Crippen LogP contribution in [0.5, 0.6) is 11.5 Å². The van der Waals surface area contributed by atoms with Crippen LogP contribution < -0.4 is 24.8 Å². The van der Waals surface area contributed by atoms with Crippen molar-refractivity contribution in [2.45, 2.75) is 80.1 Å². The number of sulfonamides is 1. The van der Waals surface area contributed by atoms with Gasteiger partial charge in [0.15, 0.2) is 23.9 Å². The molecule has 1 aliphatic carbocycles. The van der Waals surface area contributed by atoms with Crippen LogP contribution in [-0.2, 0) is 26.0 Å². The summed E-state index contributed by atoms with van der Waals surface area (Å²) in [6.45, 7) is -0.540. The number of hydrogen-bond donors (Lipinski definition) is 3. The number of carboxylic acids is 1. The van der Waals surface area contributed by atoms with Crippen LogP contribution in [-0.4, -0.2) is 91.7 Å². The Hall–Kier alpha value is -6.05. The smallest absolute Gasteiger partial charge is 0.408 e. The number of piperidine rings is 3. The minimum absolute atomic E-state index is 0.0908. The summed E-state index contributed by atoms with van der Waals surface area (Å²) in [7, 11) is -4.65. The summed E-state index contributed by atoms with van der Waals surface area (Å²) in [5.41, 5.74) is 0.00780. The average Bonchev–Trinajstić information content (AvgIpc) is 4.07. The van der Waals surface area contributed by atoms with Gasteiger partial charge in [-0.1, -0.05) is 71.7 Å². The number of nitrogens with one attached hydrogen (secondary N) is 2. The maximum Gasteiger partial charge on any atom is 0.408 e. The molecule has 4 saturated heterocycles. The van der Waals surface area contributed by atoms with Crippen molar-refractivity contribution >= 4 is 56.9 Å². The fourth-order valence-electron chi connectivity index (χ4n) is 10.1. The first-order chi connectivity index (χ1) is 34.1. The van der Waals surface area contributed by atoms with E-state index < -0.39 is 52.1 Å². The van der Waals surface area contributed by atoms with Gasteiger partial charge in [0.05, 0.1) is 17.5 Å². The van der Waals surface area contributed by atoms with Crippen molar-refractivity contribution in [2.24, 2.45) is 11.8 Å². The predicted octanol–water partition coefficient (Wildman–Crippen LogP) is 8.81. The number of nitrogens with zero attached hydrogens (tertiary/aromatic N) is 3. The first-order valence-electron chi connectivity index (χ1n) is 23.4. The van der Waals surface area contributed by atoms with Gasteiger partial charge in [-0.25, -0.2) is 13.2 Å². The second-order valence-electron chi connectivity index (χ2n) is 18.5. The van der Waals surface area contributed by atoms with Gasteiger partial charge in [0.25, 0.3) is 5.91 Å². The molecule has 374 valence electrons. The summed E-state index contributed by atoms with van der Waals surface area (Å²) in [6.07, 6.45) is 4.65. The highest BCUT2D eigenvalue weighted by Gasteiger charge is 2.58. The molecule has 5 fully saturated rings. The van der Waals surface area contributed by atoms with Gasteiger partial charge in [-0.15, -0.1) is 0 Å². The van der Waals surface area contributed by atoms with Crippen molar-refractivity contribution in [1.29, 1.82) is 0 Å². The molecule has 10 rings (SSSR count). The normalized spacial score (nSPS) is 21.8. The lowest BCUT2D eigenvalue weighted by Gasteiger charge is -2.43. The lowest BCUT2D eigenvalue weighted by atomic mass is 9.74. The van der Waals surface area contributed by atoms with Crippen LogP contribution in [0.3, 0.4) is 0 Å². The second kappa shape index (κ2) is 21.0. The van der Waals surface area contributed by atoms with Crippen molar-refractivity contribution < 1.29 is 55.6 Å². The molecule has 4 atom stereocenters. The van der Waals surface area contributed by atoms with Gasteiger partial charge >= 0.3 is 18.7 Å². The van der Waals surface area contributed by atoms with Crippen molar-refractivity contribution in [3.63, 3.8) is 0 Å². The van der Waals surface area contributed by atoms with Crippen LogP contribution in [0.2, 0.25) is 10.0 Å². The van der Waals surface area contributed by atoms with Crippen LogP contribution >= 0.6 is 23.2 Å². The number of alkyl carbamates (subject to hydrolysis) is 1. The number of ether oxygens (including phenoxy) is 3. The third-order valence-corrected chi connectivity index (χ3v) is 16.6. The topological polar surface area (TPSA) is 191 Å². The first kappa shape index (κ1) is 49.9. The molecule has 5 aromatic rings. The average molecular weight is 1030 g/mol. The van der Waals surface area contributed by atoms with E-state index in [0.717, 1.165) is 61.0 Å². The highest BCUT2D eigenvalue weighted by atomic mass is 35.5. The fourth-order valence-corrected chi connectivity index (χ4v) is 12.6. The monoisotopic (exact) mass is 1030 g/mol. The number of pyridine rings is 1. The molecule has 1 aromatic heterocycles. The second-order valence-corrected chi connectivity index (χ2v) is 21.1.